The zero-order valence-corrected chi connectivity index (χ0v) is 12.2. The van der Waals surface area contributed by atoms with Gasteiger partial charge < -0.3 is 0 Å². The Labute approximate surface area is 108 Å². The Morgan fingerprint density at radius 1 is 0.941 bits per heavy atom. The second-order valence-electron chi connectivity index (χ2n) is 5.17. The maximum atomic E-state index is 2.74. The minimum absolute atomic E-state index is 0.0934. The molecule has 2 nitrogen and oxygen atoms in total. The molecule has 2 heterocycles. The summed E-state index contributed by atoms with van der Waals surface area (Å²) >= 11 is 0. The first-order valence-electron chi connectivity index (χ1n) is 7.37. The summed E-state index contributed by atoms with van der Waals surface area (Å²) in [5.41, 5.74) is 0. The molecule has 0 aromatic carbocycles. The summed E-state index contributed by atoms with van der Waals surface area (Å²) in [6.45, 7) is 7.61. The van der Waals surface area contributed by atoms with Crippen molar-refractivity contribution in [1.29, 1.82) is 0 Å². The van der Waals surface area contributed by atoms with Gasteiger partial charge in [-0.15, -0.1) is 0 Å². The van der Waals surface area contributed by atoms with Gasteiger partial charge in [0.05, 0.1) is 8.22 Å². The van der Waals surface area contributed by atoms with E-state index in [1.807, 2.05) is 0 Å². The van der Waals surface area contributed by atoms with Gasteiger partial charge in [-0.25, -0.2) is 0 Å². The van der Waals surface area contributed by atoms with Crippen molar-refractivity contribution < 1.29 is 0 Å². The molecule has 0 amide bonds. The van der Waals surface area contributed by atoms with Crippen molar-refractivity contribution in [3.05, 3.63) is 11.9 Å². The lowest BCUT2D eigenvalue weighted by atomic mass is 10.2. The third kappa shape index (κ3) is 4.05. The van der Waals surface area contributed by atoms with Gasteiger partial charge in [0.25, 0.3) is 0 Å². The maximum Gasteiger partial charge on any atom is 0.0644 e. The molecule has 0 aromatic heterocycles. The van der Waals surface area contributed by atoms with Gasteiger partial charge in [-0.1, -0.05) is 25.8 Å². The molecular weight excluding hydrogens is 227 g/mol. The van der Waals surface area contributed by atoms with E-state index in [0.717, 1.165) is 0 Å². The number of hydrogen-bond donors (Lipinski definition) is 0. The van der Waals surface area contributed by atoms with Gasteiger partial charge in [0.2, 0.25) is 0 Å². The van der Waals surface area contributed by atoms with Gasteiger partial charge in [-0.3, -0.25) is 9.34 Å². The van der Waals surface area contributed by atoms with Gasteiger partial charge in [0.1, 0.15) is 0 Å². The van der Waals surface area contributed by atoms with Crippen molar-refractivity contribution >= 4 is 8.22 Å². The molecule has 0 N–H and O–H groups in total. The van der Waals surface area contributed by atoms with Crippen LogP contribution in [0.15, 0.2) is 11.9 Å². The summed E-state index contributed by atoms with van der Waals surface area (Å²) in [6.07, 6.45) is 12.0. The molecule has 2 saturated heterocycles. The monoisotopic (exact) mass is 254 g/mol. The molecule has 0 atom stereocenters. The highest BCUT2D eigenvalue weighted by Gasteiger charge is 2.27. The minimum Gasteiger partial charge on any atom is -0.267 e. The van der Waals surface area contributed by atoms with Crippen LogP contribution in [0.5, 0.6) is 0 Å². The van der Waals surface area contributed by atoms with E-state index in [2.05, 4.69) is 28.2 Å². The molecule has 0 aromatic rings. The molecule has 98 valence electrons. The standard InChI is InChI=1S/C14H27N2P/c1-2-3-4-9-14-17(15-10-5-6-11-15)16-12-7-8-13-16/h9,14H,2-8,10-13H2,1H3. The Morgan fingerprint density at radius 2 is 1.47 bits per heavy atom. The van der Waals surface area contributed by atoms with Crippen LogP contribution in [-0.4, -0.2) is 35.5 Å². The normalized spacial score (nSPS) is 23.4. The smallest absolute Gasteiger partial charge is 0.0644 e. The first-order chi connectivity index (χ1) is 8.42. The number of hydrogen-bond acceptors (Lipinski definition) is 2. The largest absolute Gasteiger partial charge is 0.267 e. The number of allylic oxidation sites excluding steroid dienone is 1. The number of unbranched alkanes of at least 4 members (excludes halogenated alkanes) is 2. The second-order valence-corrected chi connectivity index (χ2v) is 7.24. The molecule has 2 fully saturated rings. The van der Waals surface area contributed by atoms with Crippen LogP contribution in [0.2, 0.25) is 0 Å². The lowest BCUT2D eigenvalue weighted by Gasteiger charge is -2.32. The van der Waals surface area contributed by atoms with E-state index < -0.39 is 0 Å². The molecule has 17 heavy (non-hydrogen) atoms. The van der Waals surface area contributed by atoms with E-state index in [1.54, 1.807) is 0 Å². The van der Waals surface area contributed by atoms with Gasteiger partial charge in [0.15, 0.2) is 0 Å². The van der Waals surface area contributed by atoms with Crippen molar-refractivity contribution in [3.8, 4) is 0 Å². The van der Waals surface area contributed by atoms with Crippen LogP contribution in [0, 0.1) is 0 Å². The van der Waals surface area contributed by atoms with Crippen molar-refractivity contribution in [2.24, 2.45) is 0 Å². The number of rotatable bonds is 6. The van der Waals surface area contributed by atoms with Crippen LogP contribution < -0.4 is 0 Å². The lowest BCUT2D eigenvalue weighted by Crippen LogP contribution is -2.23. The fourth-order valence-electron chi connectivity index (χ4n) is 2.67. The van der Waals surface area contributed by atoms with Crippen molar-refractivity contribution in [2.75, 3.05) is 26.2 Å². The second kappa shape index (κ2) is 7.51. The van der Waals surface area contributed by atoms with Crippen LogP contribution in [0.4, 0.5) is 0 Å². The van der Waals surface area contributed by atoms with Crippen molar-refractivity contribution in [1.82, 2.24) is 9.34 Å². The van der Waals surface area contributed by atoms with E-state index in [-0.39, 0.29) is 8.22 Å². The summed E-state index contributed by atoms with van der Waals surface area (Å²) in [6, 6.07) is 0. The molecule has 2 aliphatic rings. The predicted molar refractivity (Wildman–Crippen MR) is 77.2 cm³/mol. The summed E-state index contributed by atoms with van der Waals surface area (Å²) < 4.78 is 5.48. The first kappa shape index (κ1) is 13.5. The van der Waals surface area contributed by atoms with Crippen molar-refractivity contribution in [3.63, 3.8) is 0 Å². The van der Waals surface area contributed by atoms with Gasteiger partial charge in [0, 0.05) is 26.2 Å². The van der Waals surface area contributed by atoms with E-state index >= 15 is 0 Å². The average Bonchev–Trinajstić information content (AvgIpc) is 3.02. The topological polar surface area (TPSA) is 6.48 Å². The molecule has 0 unspecified atom stereocenters. The molecule has 2 aliphatic heterocycles. The molecule has 0 spiro atoms. The van der Waals surface area contributed by atoms with Crippen LogP contribution in [0.25, 0.3) is 0 Å². The van der Waals surface area contributed by atoms with E-state index in [9.17, 15) is 0 Å². The maximum absolute atomic E-state index is 2.74. The Bertz CT molecular complexity index is 214. The molecular formula is C14H27N2P. The quantitative estimate of drug-likeness (QED) is 0.518. The molecule has 2 rings (SSSR count). The Morgan fingerprint density at radius 3 is 1.94 bits per heavy atom. The first-order valence-corrected chi connectivity index (χ1v) is 8.69. The average molecular weight is 254 g/mol. The predicted octanol–water partition coefficient (Wildman–Crippen LogP) is 4.19. The highest BCUT2D eigenvalue weighted by atomic mass is 31.1. The van der Waals surface area contributed by atoms with E-state index in [4.69, 9.17) is 0 Å². The molecule has 0 saturated carbocycles. The Hall–Kier alpha value is 0.0900. The van der Waals surface area contributed by atoms with Crippen LogP contribution >= 0.6 is 8.22 Å². The fourth-order valence-corrected chi connectivity index (χ4v) is 5.13. The fraction of sp³-hybridized carbons (Fsp3) is 0.857. The van der Waals surface area contributed by atoms with Crippen molar-refractivity contribution in [2.45, 2.75) is 51.9 Å². The van der Waals surface area contributed by atoms with Gasteiger partial charge >= 0.3 is 0 Å². The van der Waals surface area contributed by atoms with E-state index in [1.165, 1.54) is 71.1 Å². The summed E-state index contributed by atoms with van der Waals surface area (Å²) in [4.78, 5) is 0. The Balaban J connectivity index is 1.88. The Kier molecular flexibility index (Phi) is 5.97. The summed E-state index contributed by atoms with van der Waals surface area (Å²) in [7, 11) is -0.0934. The number of nitrogens with zero attached hydrogens (tertiary/aromatic N) is 2. The highest BCUT2D eigenvalue weighted by molar-refractivity contribution is 7.56. The zero-order valence-electron chi connectivity index (χ0n) is 11.3. The zero-order chi connectivity index (χ0) is 11.9. The van der Waals surface area contributed by atoms with Crippen LogP contribution in [-0.2, 0) is 0 Å². The van der Waals surface area contributed by atoms with Gasteiger partial charge in [-0.05, 0) is 37.9 Å². The molecule has 3 heteroatoms. The lowest BCUT2D eigenvalue weighted by molar-refractivity contribution is 0.481. The van der Waals surface area contributed by atoms with E-state index in [0.29, 0.717) is 0 Å². The summed E-state index contributed by atoms with van der Waals surface area (Å²) in [5.74, 6) is 2.54. The molecule has 0 aliphatic carbocycles. The SMILES string of the molecule is CCCCC=CP(N1CCCC1)N1CCCC1. The van der Waals surface area contributed by atoms with Crippen LogP contribution in [0.1, 0.15) is 51.9 Å². The van der Waals surface area contributed by atoms with Crippen LogP contribution in [0.3, 0.4) is 0 Å². The third-order valence-electron chi connectivity index (χ3n) is 3.71. The minimum atomic E-state index is -0.0934. The molecule has 0 radical (unpaired) electrons. The highest BCUT2D eigenvalue weighted by Crippen LogP contribution is 2.49. The summed E-state index contributed by atoms with van der Waals surface area (Å²) in [5, 5.41) is 0. The van der Waals surface area contributed by atoms with Gasteiger partial charge in [-0.2, -0.15) is 0 Å². The molecule has 0 bridgehead atoms. The third-order valence-corrected chi connectivity index (χ3v) is 6.14.